The van der Waals surface area contributed by atoms with E-state index in [0.717, 1.165) is 42.9 Å². The molecular weight excluding hydrogens is 349 g/mol. The standard InChI is InChI=1S/C16H21N5O.2ClH/c1-11-9-12(2)21(20-11)14-6-5-13(10-18-14)19-15(22)16(17)7-3-4-8-16;;/h5-6,9-10H,3-4,7-8,17H2,1-2H3,(H,19,22);2*1H. The van der Waals surface area contributed by atoms with Crippen LogP contribution in [0.25, 0.3) is 5.82 Å². The molecule has 1 amide bonds. The van der Waals surface area contributed by atoms with Gasteiger partial charge in [0.05, 0.1) is 23.1 Å². The van der Waals surface area contributed by atoms with Crippen LogP contribution in [-0.2, 0) is 4.79 Å². The maximum Gasteiger partial charge on any atom is 0.244 e. The number of nitrogens with one attached hydrogen (secondary N) is 1. The zero-order chi connectivity index (χ0) is 15.7. The lowest BCUT2D eigenvalue weighted by atomic mass is 9.98. The van der Waals surface area contributed by atoms with Gasteiger partial charge in [-0.05, 0) is 44.9 Å². The van der Waals surface area contributed by atoms with Gasteiger partial charge in [0.2, 0.25) is 5.91 Å². The molecule has 3 N–H and O–H groups in total. The fourth-order valence-corrected chi connectivity index (χ4v) is 2.93. The van der Waals surface area contributed by atoms with E-state index in [9.17, 15) is 4.79 Å². The number of amides is 1. The molecular formula is C16H23Cl2N5O. The number of pyridine rings is 1. The van der Waals surface area contributed by atoms with Gasteiger partial charge in [-0.3, -0.25) is 4.79 Å². The Morgan fingerprint density at radius 3 is 2.42 bits per heavy atom. The third-order valence-electron chi connectivity index (χ3n) is 4.18. The van der Waals surface area contributed by atoms with E-state index in [-0.39, 0.29) is 30.7 Å². The van der Waals surface area contributed by atoms with Crippen LogP contribution in [0.15, 0.2) is 24.4 Å². The van der Waals surface area contributed by atoms with Crippen molar-refractivity contribution < 1.29 is 4.79 Å². The lowest BCUT2D eigenvalue weighted by Crippen LogP contribution is -2.48. The smallest absolute Gasteiger partial charge is 0.244 e. The number of carbonyl (C=O) groups is 1. The van der Waals surface area contributed by atoms with Gasteiger partial charge in [-0.25, -0.2) is 9.67 Å². The predicted octanol–water partition coefficient (Wildman–Crippen LogP) is 2.94. The van der Waals surface area contributed by atoms with Gasteiger partial charge in [-0.15, -0.1) is 24.8 Å². The number of carbonyl (C=O) groups excluding carboxylic acids is 1. The summed E-state index contributed by atoms with van der Waals surface area (Å²) in [4.78, 5) is 16.6. The zero-order valence-corrected chi connectivity index (χ0v) is 15.4. The van der Waals surface area contributed by atoms with Crippen molar-refractivity contribution in [3.05, 3.63) is 35.8 Å². The second kappa shape index (κ2) is 7.96. The molecule has 8 heteroatoms. The van der Waals surface area contributed by atoms with Crippen LogP contribution in [0.3, 0.4) is 0 Å². The molecule has 1 saturated carbocycles. The molecule has 0 radical (unpaired) electrons. The Kier molecular flexibility index (Phi) is 6.77. The van der Waals surface area contributed by atoms with Crippen molar-refractivity contribution in [2.75, 3.05) is 5.32 Å². The summed E-state index contributed by atoms with van der Waals surface area (Å²) in [5.41, 5.74) is 8.05. The Morgan fingerprint density at radius 1 is 1.25 bits per heavy atom. The van der Waals surface area contributed by atoms with Crippen LogP contribution in [0.2, 0.25) is 0 Å². The van der Waals surface area contributed by atoms with Gasteiger partial charge in [0.25, 0.3) is 0 Å². The fourth-order valence-electron chi connectivity index (χ4n) is 2.93. The highest BCUT2D eigenvalue weighted by Crippen LogP contribution is 2.28. The molecule has 0 saturated heterocycles. The van der Waals surface area contributed by atoms with Gasteiger partial charge in [0, 0.05) is 5.69 Å². The summed E-state index contributed by atoms with van der Waals surface area (Å²) in [6, 6.07) is 5.66. The summed E-state index contributed by atoms with van der Waals surface area (Å²) in [6.07, 6.45) is 5.16. The summed E-state index contributed by atoms with van der Waals surface area (Å²) in [5, 5.41) is 7.26. The van der Waals surface area contributed by atoms with Gasteiger partial charge < -0.3 is 11.1 Å². The first-order chi connectivity index (χ1) is 10.5. The van der Waals surface area contributed by atoms with Gasteiger partial charge in [-0.2, -0.15) is 5.10 Å². The number of nitrogens with zero attached hydrogens (tertiary/aromatic N) is 3. The summed E-state index contributed by atoms with van der Waals surface area (Å²) >= 11 is 0. The minimum Gasteiger partial charge on any atom is -0.323 e. The van der Waals surface area contributed by atoms with E-state index in [2.05, 4.69) is 15.4 Å². The van der Waals surface area contributed by atoms with Crippen molar-refractivity contribution in [1.82, 2.24) is 14.8 Å². The Morgan fingerprint density at radius 2 is 1.92 bits per heavy atom. The molecule has 0 aliphatic heterocycles. The lowest BCUT2D eigenvalue weighted by Gasteiger charge is -2.22. The van der Waals surface area contributed by atoms with Crippen LogP contribution in [-0.4, -0.2) is 26.2 Å². The van der Waals surface area contributed by atoms with Crippen LogP contribution in [0, 0.1) is 13.8 Å². The van der Waals surface area contributed by atoms with Crippen LogP contribution in [0.1, 0.15) is 37.1 Å². The molecule has 2 aromatic rings. The highest BCUT2D eigenvalue weighted by atomic mass is 35.5. The Balaban J connectivity index is 0.00000144. The summed E-state index contributed by atoms with van der Waals surface area (Å²) < 4.78 is 1.78. The number of rotatable bonds is 3. The molecule has 2 aromatic heterocycles. The van der Waals surface area contributed by atoms with Crippen molar-refractivity contribution >= 4 is 36.4 Å². The minimum absolute atomic E-state index is 0. The van der Waals surface area contributed by atoms with Crippen LogP contribution in [0.4, 0.5) is 5.69 Å². The SMILES string of the molecule is Cc1cc(C)n(-c2ccc(NC(=O)C3(N)CCCC3)cn2)n1.Cl.Cl. The number of hydrogen-bond acceptors (Lipinski definition) is 4. The summed E-state index contributed by atoms with van der Waals surface area (Å²) in [7, 11) is 0. The largest absolute Gasteiger partial charge is 0.323 e. The minimum atomic E-state index is -0.728. The topological polar surface area (TPSA) is 85.8 Å². The third-order valence-corrected chi connectivity index (χ3v) is 4.18. The summed E-state index contributed by atoms with van der Waals surface area (Å²) in [6.45, 7) is 3.93. The molecule has 0 unspecified atom stereocenters. The van der Waals surface area contributed by atoms with E-state index >= 15 is 0 Å². The second-order valence-electron chi connectivity index (χ2n) is 6.06. The second-order valence-corrected chi connectivity index (χ2v) is 6.06. The molecule has 0 spiro atoms. The van der Waals surface area contributed by atoms with Crippen molar-refractivity contribution in [3.8, 4) is 5.82 Å². The molecule has 0 aromatic carbocycles. The van der Waals surface area contributed by atoms with Gasteiger partial charge >= 0.3 is 0 Å². The third kappa shape index (κ3) is 4.06. The van der Waals surface area contributed by atoms with Crippen molar-refractivity contribution in [3.63, 3.8) is 0 Å². The molecule has 3 rings (SSSR count). The van der Waals surface area contributed by atoms with Crippen molar-refractivity contribution in [2.45, 2.75) is 45.1 Å². The summed E-state index contributed by atoms with van der Waals surface area (Å²) in [5.74, 6) is 0.609. The number of aryl methyl sites for hydroxylation is 2. The van der Waals surface area contributed by atoms with E-state index in [4.69, 9.17) is 5.73 Å². The van der Waals surface area contributed by atoms with Crippen LogP contribution in [0.5, 0.6) is 0 Å². The van der Waals surface area contributed by atoms with E-state index in [1.54, 1.807) is 10.9 Å². The van der Waals surface area contributed by atoms with E-state index in [1.807, 2.05) is 32.0 Å². The maximum atomic E-state index is 12.3. The normalized spacial score (nSPS) is 15.3. The molecule has 1 fully saturated rings. The van der Waals surface area contributed by atoms with E-state index in [1.165, 1.54) is 0 Å². The first-order valence-corrected chi connectivity index (χ1v) is 7.58. The molecule has 132 valence electrons. The van der Waals surface area contributed by atoms with Gasteiger partial charge in [-0.1, -0.05) is 12.8 Å². The number of halogens is 2. The van der Waals surface area contributed by atoms with Gasteiger partial charge in [0.15, 0.2) is 5.82 Å². The average molecular weight is 372 g/mol. The average Bonchev–Trinajstić information content (AvgIpc) is 3.07. The van der Waals surface area contributed by atoms with Crippen LogP contribution < -0.4 is 11.1 Å². The molecule has 24 heavy (non-hydrogen) atoms. The first kappa shape index (κ1) is 20.4. The molecule has 2 heterocycles. The molecule has 0 atom stereocenters. The molecule has 1 aliphatic carbocycles. The number of aromatic nitrogens is 3. The van der Waals surface area contributed by atoms with E-state index in [0.29, 0.717) is 5.69 Å². The number of nitrogens with two attached hydrogens (primary N) is 1. The molecule has 6 nitrogen and oxygen atoms in total. The maximum absolute atomic E-state index is 12.3. The zero-order valence-electron chi connectivity index (χ0n) is 13.8. The molecule has 1 aliphatic rings. The highest BCUT2D eigenvalue weighted by molar-refractivity contribution is 5.98. The molecule has 0 bridgehead atoms. The van der Waals surface area contributed by atoms with Crippen molar-refractivity contribution in [1.29, 1.82) is 0 Å². The van der Waals surface area contributed by atoms with Crippen LogP contribution >= 0.6 is 24.8 Å². The number of anilines is 1. The van der Waals surface area contributed by atoms with Gasteiger partial charge in [0.1, 0.15) is 0 Å². The Hall–Kier alpha value is -1.63. The Bertz CT molecular complexity index is 693. The number of hydrogen-bond donors (Lipinski definition) is 2. The van der Waals surface area contributed by atoms with E-state index < -0.39 is 5.54 Å². The predicted molar refractivity (Wildman–Crippen MR) is 99.3 cm³/mol. The first-order valence-electron chi connectivity index (χ1n) is 7.58. The van der Waals surface area contributed by atoms with Crippen molar-refractivity contribution in [2.24, 2.45) is 5.73 Å². The monoisotopic (exact) mass is 371 g/mol. The lowest BCUT2D eigenvalue weighted by molar-refractivity contribution is -0.121. The Labute approximate surface area is 154 Å². The quantitative estimate of drug-likeness (QED) is 0.868. The highest BCUT2D eigenvalue weighted by Gasteiger charge is 2.36. The fraction of sp³-hybridized carbons (Fsp3) is 0.438.